The van der Waals surface area contributed by atoms with Gasteiger partial charge in [-0.2, -0.15) is 0 Å². The van der Waals surface area contributed by atoms with Crippen molar-refractivity contribution >= 4 is 16.9 Å². The molecule has 0 saturated carbocycles. The zero-order chi connectivity index (χ0) is 16.7. The van der Waals surface area contributed by atoms with E-state index in [1.165, 1.54) is 0 Å². The number of methoxy groups -OCH3 is 1. The van der Waals surface area contributed by atoms with Crippen LogP contribution in [-0.4, -0.2) is 24.5 Å². The second kappa shape index (κ2) is 5.71. The third kappa shape index (κ3) is 2.44. The van der Waals surface area contributed by atoms with Gasteiger partial charge in [-0.3, -0.25) is 4.79 Å². The van der Waals surface area contributed by atoms with Gasteiger partial charge in [-0.1, -0.05) is 12.1 Å². The van der Waals surface area contributed by atoms with Crippen LogP contribution in [0.3, 0.4) is 0 Å². The number of likely N-dealkylation sites (tertiary alicyclic amines) is 1. The molecule has 0 radical (unpaired) electrons. The van der Waals surface area contributed by atoms with Crippen molar-refractivity contribution in [3.8, 4) is 5.75 Å². The Kier molecular flexibility index (Phi) is 3.53. The zero-order valence-corrected chi connectivity index (χ0v) is 13.8. The molecule has 4 nitrogen and oxygen atoms in total. The number of carbonyl (C=O) groups is 1. The number of rotatable bonds is 3. The normalized spacial score (nSPS) is 16.9. The van der Waals surface area contributed by atoms with Crippen LogP contribution < -0.4 is 4.74 Å². The Hall–Kier alpha value is -2.75. The number of nitrogens with zero attached hydrogens (tertiary/aromatic N) is 1. The Morgan fingerprint density at radius 3 is 2.83 bits per heavy atom. The molecule has 3 aromatic rings. The standard InChI is InChI=1S/C20H19NO3/c1-13-10-16-11-15(6-7-19(16)24-13)20(22)21-9-8-18(21)14-4-3-5-17(12-14)23-2/h3-7,10-12,18H,8-9H2,1-2H3/t18-/m1/s1. The quantitative estimate of drug-likeness (QED) is 0.721. The fraction of sp³-hybridized carbons (Fsp3) is 0.250. The number of furan rings is 1. The Morgan fingerprint density at radius 2 is 2.08 bits per heavy atom. The molecule has 0 unspecified atom stereocenters. The maximum Gasteiger partial charge on any atom is 0.254 e. The Morgan fingerprint density at radius 1 is 1.21 bits per heavy atom. The molecule has 1 fully saturated rings. The van der Waals surface area contributed by atoms with Crippen molar-refractivity contribution in [2.24, 2.45) is 0 Å². The summed E-state index contributed by atoms with van der Waals surface area (Å²) >= 11 is 0. The zero-order valence-electron chi connectivity index (χ0n) is 13.8. The molecule has 2 aromatic carbocycles. The average Bonchev–Trinajstić information content (AvgIpc) is 2.93. The fourth-order valence-corrected chi connectivity index (χ4v) is 3.30. The van der Waals surface area contributed by atoms with Crippen LogP contribution >= 0.6 is 0 Å². The molecular weight excluding hydrogens is 302 g/mol. The van der Waals surface area contributed by atoms with Gasteiger partial charge < -0.3 is 14.1 Å². The number of ether oxygens (including phenoxy) is 1. The van der Waals surface area contributed by atoms with E-state index in [1.54, 1.807) is 7.11 Å². The van der Waals surface area contributed by atoms with Crippen LogP contribution in [0, 0.1) is 6.92 Å². The summed E-state index contributed by atoms with van der Waals surface area (Å²) in [5.41, 5.74) is 2.64. The molecule has 0 bridgehead atoms. The maximum atomic E-state index is 12.9. The Balaban J connectivity index is 1.60. The number of aryl methyl sites for hydroxylation is 1. The number of carbonyl (C=O) groups excluding carboxylic acids is 1. The van der Waals surface area contributed by atoms with E-state index in [2.05, 4.69) is 6.07 Å². The van der Waals surface area contributed by atoms with E-state index in [1.807, 2.05) is 54.3 Å². The summed E-state index contributed by atoms with van der Waals surface area (Å²) in [5.74, 6) is 1.74. The molecule has 4 rings (SSSR count). The third-order valence-electron chi connectivity index (χ3n) is 4.65. The van der Waals surface area contributed by atoms with E-state index < -0.39 is 0 Å². The predicted octanol–water partition coefficient (Wildman–Crippen LogP) is 4.34. The van der Waals surface area contributed by atoms with Gasteiger partial charge in [0.05, 0.1) is 13.2 Å². The van der Waals surface area contributed by atoms with E-state index in [4.69, 9.17) is 9.15 Å². The molecule has 1 aliphatic heterocycles. The minimum Gasteiger partial charge on any atom is -0.497 e. The van der Waals surface area contributed by atoms with Gasteiger partial charge in [0.25, 0.3) is 5.91 Å². The number of benzene rings is 2. The van der Waals surface area contributed by atoms with Gasteiger partial charge in [0.15, 0.2) is 0 Å². The Bertz CT molecular complexity index is 912. The fourth-order valence-electron chi connectivity index (χ4n) is 3.30. The van der Waals surface area contributed by atoms with Crippen LogP contribution in [0.1, 0.15) is 34.1 Å². The summed E-state index contributed by atoms with van der Waals surface area (Å²) < 4.78 is 10.9. The Labute approximate surface area is 140 Å². The van der Waals surface area contributed by atoms with E-state index in [0.29, 0.717) is 5.56 Å². The van der Waals surface area contributed by atoms with Crippen molar-refractivity contribution in [1.29, 1.82) is 0 Å². The molecule has 1 aliphatic rings. The summed E-state index contributed by atoms with van der Waals surface area (Å²) in [4.78, 5) is 14.8. The molecule has 0 N–H and O–H groups in total. The lowest BCUT2D eigenvalue weighted by molar-refractivity contribution is 0.0460. The molecule has 24 heavy (non-hydrogen) atoms. The monoisotopic (exact) mass is 321 g/mol. The highest BCUT2D eigenvalue weighted by Crippen LogP contribution is 2.36. The second-order valence-corrected chi connectivity index (χ2v) is 6.19. The van der Waals surface area contributed by atoms with Gasteiger partial charge in [0.1, 0.15) is 17.1 Å². The van der Waals surface area contributed by atoms with Crippen molar-refractivity contribution in [2.75, 3.05) is 13.7 Å². The largest absolute Gasteiger partial charge is 0.497 e. The number of hydrogen-bond acceptors (Lipinski definition) is 3. The highest BCUT2D eigenvalue weighted by Gasteiger charge is 2.34. The van der Waals surface area contributed by atoms with Gasteiger partial charge in [-0.25, -0.2) is 0 Å². The summed E-state index contributed by atoms with van der Waals surface area (Å²) in [7, 11) is 1.66. The maximum absolute atomic E-state index is 12.9. The van der Waals surface area contributed by atoms with Crippen LogP contribution in [0.4, 0.5) is 0 Å². The lowest BCUT2D eigenvalue weighted by Gasteiger charge is -2.41. The highest BCUT2D eigenvalue weighted by molar-refractivity contribution is 5.98. The number of amides is 1. The smallest absolute Gasteiger partial charge is 0.254 e. The first-order chi connectivity index (χ1) is 11.7. The van der Waals surface area contributed by atoms with Gasteiger partial charge in [0, 0.05) is 17.5 Å². The van der Waals surface area contributed by atoms with E-state index >= 15 is 0 Å². The van der Waals surface area contributed by atoms with Gasteiger partial charge in [0.2, 0.25) is 0 Å². The molecule has 2 heterocycles. The van der Waals surface area contributed by atoms with Crippen molar-refractivity contribution in [3.63, 3.8) is 0 Å². The summed E-state index contributed by atoms with van der Waals surface area (Å²) in [5, 5.41) is 0.969. The van der Waals surface area contributed by atoms with Crippen LogP contribution in [0.25, 0.3) is 11.0 Å². The van der Waals surface area contributed by atoms with Gasteiger partial charge in [-0.15, -0.1) is 0 Å². The molecular formula is C20H19NO3. The van der Waals surface area contributed by atoms with Crippen LogP contribution in [-0.2, 0) is 0 Å². The lowest BCUT2D eigenvalue weighted by atomic mass is 9.93. The minimum atomic E-state index is 0.0647. The number of fused-ring (bicyclic) bond motifs is 1. The van der Waals surface area contributed by atoms with E-state index in [0.717, 1.165) is 41.0 Å². The van der Waals surface area contributed by atoms with Crippen LogP contribution in [0.2, 0.25) is 0 Å². The molecule has 122 valence electrons. The molecule has 1 amide bonds. The van der Waals surface area contributed by atoms with Gasteiger partial charge in [-0.05, 0) is 55.3 Å². The summed E-state index contributed by atoms with van der Waals surface area (Å²) in [6.45, 7) is 2.69. The summed E-state index contributed by atoms with van der Waals surface area (Å²) in [6, 6.07) is 15.6. The predicted molar refractivity (Wildman–Crippen MR) is 92.3 cm³/mol. The molecule has 1 saturated heterocycles. The summed E-state index contributed by atoms with van der Waals surface area (Å²) in [6.07, 6.45) is 0.978. The number of hydrogen-bond donors (Lipinski definition) is 0. The molecule has 0 aliphatic carbocycles. The van der Waals surface area contributed by atoms with Crippen molar-refractivity contribution in [2.45, 2.75) is 19.4 Å². The minimum absolute atomic E-state index is 0.0647. The first-order valence-electron chi connectivity index (χ1n) is 8.11. The highest BCUT2D eigenvalue weighted by atomic mass is 16.5. The average molecular weight is 321 g/mol. The third-order valence-corrected chi connectivity index (χ3v) is 4.65. The second-order valence-electron chi connectivity index (χ2n) is 6.19. The van der Waals surface area contributed by atoms with Crippen molar-refractivity contribution in [3.05, 3.63) is 65.4 Å². The van der Waals surface area contributed by atoms with E-state index in [9.17, 15) is 4.79 Å². The van der Waals surface area contributed by atoms with Crippen LogP contribution in [0.15, 0.2) is 52.9 Å². The first kappa shape index (κ1) is 14.8. The molecule has 1 aromatic heterocycles. The van der Waals surface area contributed by atoms with E-state index in [-0.39, 0.29) is 11.9 Å². The SMILES string of the molecule is COc1cccc([C@H]2CCN2C(=O)c2ccc3oc(C)cc3c2)c1. The molecule has 0 spiro atoms. The van der Waals surface area contributed by atoms with Gasteiger partial charge >= 0.3 is 0 Å². The molecule has 4 heteroatoms. The van der Waals surface area contributed by atoms with Crippen molar-refractivity contribution in [1.82, 2.24) is 4.90 Å². The first-order valence-corrected chi connectivity index (χ1v) is 8.11. The molecule has 1 atom stereocenters. The topological polar surface area (TPSA) is 42.7 Å². The van der Waals surface area contributed by atoms with Crippen LogP contribution in [0.5, 0.6) is 5.75 Å². The lowest BCUT2D eigenvalue weighted by Crippen LogP contribution is -2.45. The van der Waals surface area contributed by atoms with Crippen molar-refractivity contribution < 1.29 is 13.9 Å².